The Kier molecular flexibility index (Phi) is 10.2. The number of amides is 3. The molecule has 2 heterocycles. The molecular weight excluding hydrogens is 514 g/mol. The van der Waals surface area contributed by atoms with Crippen LogP contribution in [0, 0.1) is 6.92 Å². The minimum Gasteiger partial charge on any atom is -0.493 e. The van der Waals surface area contributed by atoms with Crippen molar-refractivity contribution >= 4 is 23.5 Å². The minimum atomic E-state index is -1.09. The van der Waals surface area contributed by atoms with E-state index in [0.29, 0.717) is 34.8 Å². The molecule has 1 atom stereocenters. The lowest BCUT2D eigenvalue weighted by Crippen LogP contribution is -2.50. The van der Waals surface area contributed by atoms with Crippen LogP contribution in [0.25, 0.3) is 0 Å². The zero-order valence-electron chi connectivity index (χ0n) is 23.8. The second kappa shape index (κ2) is 13.6. The second-order valence-electron chi connectivity index (χ2n) is 9.97. The van der Waals surface area contributed by atoms with Crippen molar-refractivity contribution in [1.29, 1.82) is 0 Å². The normalized spacial score (nSPS) is 11.8. The van der Waals surface area contributed by atoms with Gasteiger partial charge in [0.25, 0.3) is 0 Å². The van der Waals surface area contributed by atoms with E-state index < -0.39 is 29.3 Å². The molecule has 0 bridgehead atoms. The molecule has 11 heteroatoms. The fourth-order valence-corrected chi connectivity index (χ4v) is 4.07. The van der Waals surface area contributed by atoms with Gasteiger partial charge in [-0.15, -0.1) is 0 Å². The molecule has 2 aromatic heterocycles. The van der Waals surface area contributed by atoms with Crippen LogP contribution < -0.4 is 20.1 Å². The Bertz CT molecular complexity index is 1310. The van der Waals surface area contributed by atoms with Crippen molar-refractivity contribution in [3.63, 3.8) is 0 Å². The van der Waals surface area contributed by atoms with Crippen molar-refractivity contribution in [3.8, 4) is 11.5 Å². The number of nitrogens with zero attached hydrogens (tertiary/aromatic N) is 3. The number of nitrogens with one attached hydrogen (secondary N) is 2. The molecule has 1 aromatic carbocycles. The summed E-state index contributed by atoms with van der Waals surface area (Å²) >= 11 is 0. The Morgan fingerprint density at radius 1 is 1.10 bits per heavy atom. The van der Waals surface area contributed by atoms with Gasteiger partial charge in [-0.1, -0.05) is 30.3 Å². The van der Waals surface area contributed by atoms with Crippen LogP contribution in [0.4, 0.5) is 5.82 Å². The lowest BCUT2D eigenvalue weighted by atomic mass is 9.97. The maximum atomic E-state index is 14.0. The predicted octanol–water partition coefficient (Wildman–Crippen LogP) is 4.19. The van der Waals surface area contributed by atoms with E-state index in [9.17, 15) is 14.4 Å². The number of aromatic nitrogens is 2. The summed E-state index contributed by atoms with van der Waals surface area (Å²) in [6, 6.07) is 9.25. The van der Waals surface area contributed by atoms with Gasteiger partial charge < -0.3 is 29.5 Å². The van der Waals surface area contributed by atoms with Crippen molar-refractivity contribution in [3.05, 3.63) is 65.7 Å². The van der Waals surface area contributed by atoms with E-state index in [-0.39, 0.29) is 25.2 Å². The van der Waals surface area contributed by atoms with Crippen LogP contribution in [0.5, 0.6) is 11.5 Å². The first-order chi connectivity index (χ1) is 19.1. The van der Waals surface area contributed by atoms with Crippen LogP contribution in [0.1, 0.15) is 63.0 Å². The van der Waals surface area contributed by atoms with Gasteiger partial charge in [-0.05, 0) is 44.9 Å². The largest absolute Gasteiger partial charge is 0.493 e. The van der Waals surface area contributed by atoms with E-state index in [2.05, 4.69) is 20.8 Å². The minimum absolute atomic E-state index is 0.0712. The van der Waals surface area contributed by atoms with Crippen LogP contribution in [-0.2, 0) is 20.9 Å². The molecule has 0 spiro atoms. The molecule has 0 saturated heterocycles. The van der Waals surface area contributed by atoms with E-state index in [4.69, 9.17) is 14.0 Å². The number of para-hydroxylation sites is 1. The van der Waals surface area contributed by atoms with Gasteiger partial charge in [-0.3, -0.25) is 19.4 Å². The van der Waals surface area contributed by atoms with Gasteiger partial charge in [0.2, 0.25) is 17.7 Å². The van der Waals surface area contributed by atoms with Crippen molar-refractivity contribution in [2.24, 2.45) is 0 Å². The molecule has 0 aliphatic rings. The van der Waals surface area contributed by atoms with Crippen LogP contribution in [0.15, 0.2) is 53.3 Å². The SMILES string of the molecule is CCC(C)(C)NC(=O)C(c1cccc(OC)c1OC)N(Cc1cccnc1)C(=O)CCC(=O)Nc1cc(C)on1. The van der Waals surface area contributed by atoms with Gasteiger partial charge >= 0.3 is 0 Å². The molecule has 0 saturated carbocycles. The number of anilines is 1. The molecule has 0 fully saturated rings. The Hall–Kier alpha value is -4.41. The summed E-state index contributed by atoms with van der Waals surface area (Å²) in [5.74, 6) is 0.363. The lowest BCUT2D eigenvalue weighted by Gasteiger charge is -2.35. The molecule has 3 aromatic rings. The van der Waals surface area contributed by atoms with Gasteiger partial charge in [0.05, 0.1) is 14.2 Å². The second-order valence-corrected chi connectivity index (χ2v) is 9.97. The van der Waals surface area contributed by atoms with E-state index >= 15 is 0 Å². The van der Waals surface area contributed by atoms with Crippen molar-refractivity contribution in [2.45, 2.75) is 65.1 Å². The van der Waals surface area contributed by atoms with Crippen molar-refractivity contribution in [2.75, 3.05) is 19.5 Å². The highest BCUT2D eigenvalue weighted by Gasteiger charge is 2.36. The third-order valence-electron chi connectivity index (χ3n) is 6.49. The monoisotopic (exact) mass is 551 g/mol. The maximum Gasteiger partial charge on any atom is 0.248 e. The summed E-state index contributed by atoms with van der Waals surface area (Å²) in [5.41, 5.74) is 0.624. The quantitative estimate of drug-likeness (QED) is 0.323. The van der Waals surface area contributed by atoms with Gasteiger partial charge in [-0.25, -0.2) is 0 Å². The predicted molar refractivity (Wildman–Crippen MR) is 149 cm³/mol. The van der Waals surface area contributed by atoms with E-state index in [0.717, 1.165) is 0 Å². The highest BCUT2D eigenvalue weighted by Crippen LogP contribution is 2.38. The summed E-state index contributed by atoms with van der Waals surface area (Å²) < 4.78 is 16.1. The molecule has 0 aliphatic carbocycles. The fourth-order valence-electron chi connectivity index (χ4n) is 4.07. The molecule has 40 heavy (non-hydrogen) atoms. The zero-order valence-corrected chi connectivity index (χ0v) is 23.8. The molecule has 3 amide bonds. The first-order valence-corrected chi connectivity index (χ1v) is 13.0. The zero-order chi connectivity index (χ0) is 29.3. The smallest absolute Gasteiger partial charge is 0.248 e. The molecule has 0 aliphatic heterocycles. The van der Waals surface area contributed by atoms with Crippen LogP contribution in [0.2, 0.25) is 0 Å². The average molecular weight is 552 g/mol. The number of benzene rings is 1. The number of carbonyl (C=O) groups is 3. The summed E-state index contributed by atoms with van der Waals surface area (Å²) in [7, 11) is 2.99. The molecule has 2 N–H and O–H groups in total. The van der Waals surface area contributed by atoms with E-state index in [1.54, 1.807) is 49.6 Å². The molecule has 11 nitrogen and oxygen atoms in total. The summed E-state index contributed by atoms with van der Waals surface area (Å²) in [5, 5.41) is 9.45. The molecule has 0 radical (unpaired) electrons. The Morgan fingerprint density at radius 2 is 1.88 bits per heavy atom. The van der Waals surface area contributed by atoms with Crippen molar-refractivity contribution in [1.82, 2.24) is 20.4 Å². The number of hydrogen-bond donors (Lipinski definition) is 2. The van der Waals surface area contributed by atoms with Gasteiger partial charge in [0.1, 0.15) is 11.8 Å². The molecule has 214 valence electrons. The Labute approximate surface area is 234 Å². The molecule has 1 unspecified atom stereocenters. The first-order valence-electron chi connectivity index (χ1n) is 13.0. The van der Waals surface area contributed by atoms with E-state index in [1.807, 2.05) is 26.8 Å². The molecule has 3 rings (SSSR count). The average Bonchev–Trinajstić information content (AvgIpc) is 3.35. The number of carbonyl (C=O) groups excluding carboxylic acids is 3. The standard InChI is InChI=1S/C29H37N5O6/c1-7-29(3,4)32-28(37)26(21-11-8-12-22(38-5)27(21)39-6)34(18-20-10-9-15-30-17-20)25(36)14-13-24(35)31-23-16-19(2)40-33-23/h8-12,15-17,26H,7,13-14,18H2,1-6H3,(H,32,37)(H,31,33,35). The van der Waals surface area contributed by atoms with Gasteiger partial charge in [0, 0.05) is 48.9 Å². The highest BCUT2D eigenvalue weighted by atomic mass is 16.5. The van der Waals surface area contributed by atoms with Gasteiger partial charge in [-0.2, -0.15) is 0 Å². The van der Waals surface area contributed by atoms with E-state index in [1.165, 1.54) is 19.1 Å². The van der Waals surface area contributed by atoms with Crippen LogP contribution >= 0.6 is 0 Å². The fraction of sp³-hybridized carbons (Fsp3) is 0.414. The summed E-state index contributed by atoms with van der Waals surface area (Å²) in [4.78, 5) is 46.1. The molecular formula is C29H37N5O6. The van der Waals surface area contributed by atoms with Crippen LogP contribution in [-0.4, -0.2) is 52.5 Å². The number of methoxy groups -OCH3 is 2. The number of aryl methyl sites for hydroxylation is 1. The summed E-state index contributed by atoms with van der Waals surface area (Å²) in [6.07, 6.45) is 3.64. The Balaban J connectivity index is 2.01. The lowest BCUT2D eigenvalue weighted by molar-refractivity contribution is -0.143. The van der Waals surface area contributed by atoms with Gasteiger partial charge in [0.15, 0.2) is 17.3 Å². The number of ether oxygens (including phenoxy) is 2. The topological polar surface area (TPSA) is 136 Å². The first kappa shape index (κ1) is 30.1. The maximum absolute atomic E-state index is 14.0. The summed E-state index contributed by atoms with van der Waals surface area (Å²) in [6.45, 7) is 7.57. The Morgan fingerprint density at radius 3 is 2.48 bits per heavy atom. The third-order valence-corrected chi connectivity index (χ3v) is 6.49. The van der Waals surface area contributed by atoms with Crippen LogP contribution in [0.3, 0.4) is 0 Å². The number of rotatable bonds is 13. The number of pyridine rings is 1. The van der Waals surface area contributed by atoms with Crippen molar-refractivity contribution < 1.29 is 28.4 Å². The highest BCUT2D eigenvalue weighted by molar-refractivity contribution is 5.94. The number of hydrogen-bond acceptors (Lipinski definition) is 8. The third kappa shape index (κ3) is 7.81.